The zero-order valence-corrected chi connectivity index (χ0v) is 9.62. The van der Waals surface area contributed by atoms with Crippen LogP contribution >= 0.6 is 0 Å². The monoisotopic (exact) mass is 242 g/mol. The summed E-state index contributed by atoms with van der Waals surface area (Å²) >= 11 is 0. The van der Waals surface area contributed by atoms with Crippen molar-refractivity contribution in [3.05, 3.63) is 35.9 Å². The van der Waals surface area contributed by atoms with Gasteiger partial charge in [-0.1, -0.05) is 30.3 Å². The molecule has 3 nitrogen and oxygen atoms in total. The van der Waals surface area contributed by atoms with Crippen molar-refractivity contribution in [2.24, 2.45) is 5.73 Å². The van der Waals surface area contributed by atoms with Crippen LogP contribution in [0.2, 0.25) is 0 Å². The smallest absolute Gasteiger partial charge is 0.277 e. The Balaban J connectivity index is 2.54. The maximum absolute atomic E-state index is 12.8. The summed E-state index contributed by atoms with van der Waals surface area (Å²) in [5, 5.41) is 2.20. The van der Waals surface area contributed by atoms with Crippen molar-refractivity contribution in [1.82, 2.24) is 5.32 Å². The van der Waals surface area contributed by atoms with E-state index in [1.54, 1.807) is 31.2 Å². The molecule has 1 atom stereocenters. The molecule has 0 fully saturated rings. The van der Waals surface area contributed by atoms with Gasteiger partial charge in [-0.15, -0.1) is 0 Å². The molecule has 5 heteroatoms. The number of carbonyl (C=O) groups excluding carboxylic acids is 1. The number of rotatable bonds is 5. The highest BCUT2D eigenvalue weighted by molar-refractivity contribution is 5.83. The second kappa shape index (κ2) is 5.72. The largest absolute Gasteiger partial charge is 0.349 e. The van der Waals surface area contributed by atoms with Gasteiger partial charge in [-0.05, 0) is 12.5 Å². The van der Waals surface area contributed by atoms with E-state index < -0.39 is 30.8 Å². The maximum Gasteiger partial charge on any atom is 0.277 e. The maximum atomic E-state index is 12.8. The van der Waals surface area contributed by atoms with E-state index in [9.17, 15) is 13.6 Å². The molecule has 1 aromatic rings. The van der Waals surface area contributed by atoms with Crippen LogP contribution in [0.15, 0.2) is 30.3 Å². The predicted molar refractivity (Wildman–Crippen MR) is 61.9 cm³/mol. The molecule has 1 amide bonds. The Hall–Kier alpha value is -1.49. The number of nitrogens with one attached hydrogen (secondary N) is 1. The molecule has 0 aliphatic rings. The highest BCUT2D eigenvalue weighted by Gasteiger charge is 2.28. The lowest BCUT2D eigenvalue weighted by Crippen LogP contribution is -2.42. The number of nitrogens with two attached hydrogens (primary N) is 1. The highest BCUT2D eigenvalue weighted by Crippen LogP contribution is 2.15. The van der Waals surface area contributed by atoms with Crippen LogP contribution in [0.5, 0.6) is 0 Å². The molecule has 1 aromatic carbocycles. The molecular formula is C12H16F2N2O. The van der Waals surface area contributed by atoms with Crippen LogP contribution in [-0.4, -0.2) is 24.9 Å². The molecule has 0 heterocycles. The van der Waals surface area contributed by atoms with Crippen LogP contribution in [0, 0.1) is 0 Å². The first-order valence-corrected chi connectivity index (χ1v) is 5.37. The van der Waals surface area contributed by atoms with E-state index in [1.165, 1.54) is 0 Å². The van der Waals surface area contributed by atoms with E-state index in [4.69, 9.17) is 5.73 Å². The lowest BCUT2D eigenvalue weighted by Gasteiger charge is -2.17. The van der Waals surface area contributed by atoms with Crippen molar-refractivity contribution in [3.8, 4) is 0 Å². The number of benzene rings is 1. The second-order valence-corrected chi connectivity index (χ2v) is 3.91. The number of halogens is 2. The second-order valence-electron chi connectivity index (χ2n) is 3.91. The van der Waals surface area contributed by atoms with Crippen LogP contribution in [0.1, 0.15) is 18.4 Å². The molecule has 0 radical (unpaired) electrons. The van der Waals surface area contributed by atoms with Gasteiger partial charge >= 0.3 is 0 Å². The van der Waals surface area contributed by atoms with Crippen molar-refractivity contribution in [1.29, 1.82) is 0 Å². The summed E-state index contributed by atoms with van der Waals surface area (Å²) < 4.78 is 25.7. The van der Waals surface area contributed by atoms with Gasteiger partial charge in [-0.2, -0.15) is 0 Å². The van der Waals surface area contributed by atoms with Crippen LogP contribution in [-0.2, 0) is 4.79 Å². The van der Waals surface area contributed by atoms with Gasteiger partial charge in [0.25, 0.3) is 5.92 Å². The summed E-state index contributed by atoms with van der Waals surface area (Å²) in [6.07, 6.45) is 0. The van der Waals surface area contributed by atoms with Gasteiger partial charge in [0.2, 0.25) is 5.91 Å². The van der Waals surface area contributed by atoms with Gasteiger partial charge in [0, 0.05) is 0 Å². The third-order valence-electron chi connectivity index (χ3n) is 2.51. The number of carbonyl (C=O) groups is 1. The topological polar surface area (TPSA) is 55.1 Å². The summed E-state index contributed by atoms with van der Waals surface area (Å²) in [6.45, 7) is 0.178. The molecule has 3 N–H and O–H groups in total. The fraction of sp³-hybridized carbons (Fsp3) is 0.417. The predicted octanol–water partition coefficient (Wildman–Crippen LogP) is 1.50. The Labute approximate surface area is 99.0 Å². The number of alkyl halides is 2. The fourth-order valence-electron chi connectivity index (χ4n) is 1.33. The summed E-state index contributed by atoms with van der Waals surface area (Å²) in [4.78, 5) is 11.6. The van der Waals surface area contributed by atoms with E-state index in [-0.39, 0.29) is 0 Å². The quantitative estimate of drug-likeness (QED) is 0.822. The molecule has 0 aliphatic carbocycles. The standard InChI is InChI=1S/C12H16F2N2O/c1-9(10-5-3-2-4-6-10)11(17)16-8-12(13,14)7-15/h2-6,9H,7-8,15H2,1H3,(H,16,17). The third-order valence-corrected chi connectivity index (χ3v) is 2.51. The Morgan fingerprint density at radius 1 is 1.41 bits per heavy atom. The molecule has 1 rings (SSSR count). The molecule has 0 aliphatic heterocycles. The number of amides is 1. The molecule has 0 bridgehead atoms. The van der Waals surface area contributed by atoms with Crippen molar-refractivity contribution in [2.45, 2.75) is 18.8 Å². The van der Waals surface area contributed by atoms with Crippen LogP contribution in [0.25, 0.3) is 0 Å². The van der Waals surface area contributed by atoms with Crippen LogP contribution < -0.4 is 11.1 Å². The molecule has 0 spiro atoms. The van der Waals surface area contributed by atoms with Gasteiger partial charge < -0.3 is 11.1 Å². The van der Waals surface area contributed by atoms with Crippen molar-refractivity contribution < 1.29 is 13.6 Å². The SMILES string of the molecule is CC(C(=O)NCC(F)(F)CN)c1ccccc1. The first-order chi connectivity index (χ1) is 7.96. The van der Waals surface area contributed by atoms with Crippen molar-refractivity contribution in [2.75, 3.05) is 13.1 Å². The van der Waals surface area contributed by atoms with Crippen molar-refractivity contribution >= 4 is 5.91 Å². The molecule has 94 valence electrons. The van der Waals surface area contributed by atoms with Gasteiger partial charge in [0.15, 0.2) is 0 Å². The normalized spacial score (nSPS) is 13.2. The number of hydrogen-bond acceptors (Lipinski definition) is 2. The Morgan fingerprint density at radius 3 is 2.53 bits per heavy atom. The van der Waals surface area contributed by atoms with Crippen LogP contribution in [0.4, 0.5) is 8.78 Å². The van der Waals surface area contributed by atoms with Crippen molar-refractivity contribution in [3.63, 3.8) is 0 Å². The molecule has 0 aromatic heterocycles. The van der Waals surface area contributed by atoms with E-state index in [2.05, 4.69) is 5.32 Å². The lowest BCUT2D eigenvalue weighted by molar-refractivity contribution is -0.124. The minimum absolute atomic E-state index is 0.427. The van der Waals surface area contributed by atoms with E-state index in [0.717, 1.165) is 5.56 Å². The van der Waals surface area contributed by atoms with Gasteiger partial charge in [-0.25, -0.2) is 8.78 Å². The van der Waals surface area contributed by atoms with Gasteiger partial charge in [-0.3, -0.25) is 4.79 Å². The molecule has 1 unspecified atom stereocenters. The summed E-state index contributed by atoms with van der Waals surface area (Å²) in [5.74, 6) is -3.93. The minimum Gasteiger partial charge on any atom is -0.349 e. The van der Waals surface area contributed by atoms with E-state index in [1.807, 2.05) is 6.07 Å². The summed E-state index contributed by atoms with van der Waals surface area (Å²) in [6, 6.07) is 8.99. The molecule has 0 saturated heterocycles. The zero-order valence-electron chi connectivity index (χ0n) is 9.62. The summed E-state index contributed by atoms with van der Waals surface area (Å²) in [5.41, 5.74) is 5.67. The Kier molecular flexibility index (Phi) is 4.57. The van der Waals surface area contributed by atoms with Gasteiger partial charge in [0.05, 0.1) is 19.0 Å². The lowest BCUT2D eigenvalue weighted by atomic mass is 10.0. The first-order valence-electron chi connectivity index (χ1n) is 5.37. The highest BCUT2D eigenvalue weighted by atomic mass is 19.3. The minimum atomic E-state index is -3.05. The Morgan fingerprint density at radius 2 is 2.00 bits per heavy atom. The van der Waals surface area contributed by atoms with E-state index >= 15 is 0 Å². The first kappa shape index (κ1) is 13.6. The van der Waals surface area contributed by atoms with Crippen LogP contribution in [0.3, 0.4) is 0 Å². The average Bonchev–Trinajstić information content (AvgIpc) is 2.36. The Bertz CT molecular complexity index is 368. The third kappa shape index (κ3) is 4.11. The fourth-order valence-corrected chi connectivity index (χ4v) is 1.33. The summed E-state index contributed by atoms with van der Waals surface area (Å²) in [7, 11) is 0. The molecule has 17 heavy (non-hydrogen) atoms. The molecule has 0 saturated carbocycles. The molecular weight excluding hydrogens is 226 g/mol. The average molecular weight is 242 g/mol. The van der Waals surface area contributed by atoms with E-state index in [0.29, 0.717) is 0 Å². The van der Waals surface area contributed by atoms with Gasteiger partial charge in [0.1, 0.15) is 0 Å². The zero-order chi connectivity index (χ0) is 12.9. The number of hydrogen-bond donors (Lipinski definition) is 2.